The van der Waals surface area contributed by atoms with Crippen molar-refractivity contribution in [3.8, 4) is 5.75 Å². The molecule has 0 aliphatic rings. The minimum absolute atomic E-state index is 0.103. The molecule has 0 atom stereocenters. The summed E-state index contributed by atoms with van der Waals surface area (Å²) in [6, 6.07) is 12.0. The SMILES string of the molecule is Cc1ccc(COc2c(C)cc(C(N)=NO)cc2C)cc1. The fourth-order valence-electron chi connectivity index (χ4n) is 2.22. The number of nitrogens with two attached hydrogens (primary N) is 1. The van der Waals surface area contributed by atoms with E-state index in [2.05, 4.69) is 36.3 Å². The zero-order valence-corrected chi connectivity index (χ0v) is 12.6. The van der Waals surface area contributed by atoms with Gasteiger partial charge < -0.3 is 15.7 Å². The zero-order chi connectivity index (χ0) is 15.4. The Morgan fingerprint density at radius 2 is 1.67 bits per heavy atom. The van der Waals surface area contributed by atoms with Crippen LogP contribution in [0, 0.1) is 20.8 Å². The predicted molar refractivity (Wildman–Crippen MR) is 83.9 cm³/mol. The zero-order valence-electron chi connectivity index (χ0n) is 12.6. The molecule has 0 aliphatic carbocycles. The molecule has 110 valence electrons. The molecule has 0 fully saturated rings. The van der Waals surface area contributed by atoms with Crippen LogP contribution in [0.5, 0.6) is 5.75 Å². The number of rotatable bonds is 4. The van der Waals surface area contributed by atoms with Crippen LogP contribution in [0.1, 0.15) is 27.8 Å². The average Bonchev–Trinajstić information content (AvgIpc) is 2.47. The molecule has 0 saturated carbocycles. The molecule has 2 rings (SSSR count). The van der Waals surface area contributed by atoms with Crippen LogP contribution in [0.2, 0.25) is 0 Å². The maximum Gasteiger partial charge on any atom is 0.170 e. The van der Waals surface area contributed by atoms with Gasteiger partial charge in [-0.1, -0.05) is 35.0 Å². The lowest BCUT2D eigenvalue weighted by Crippen LogP contribution is -2.14. The predicted octanol–water partition coefficient (Wildman–Crippen LogP) is 3.29. The number of hydrogen-bond donors (Lipinski definition) is 2. The van der Waals surface area contributed by atoms with Gasteiger partial charge in [0.1, 0.15) is 12.4 Å². The fourth-order valence-corrected chi connectivity index (χ4v) is 2.22. The van der Waals surface area contributed by atoms with Gasteiger partial charge in [-0.3, -0.25) is 0 Å². The van der Waals surface area contributed by atoms with Crippen molar-refractivity contribution in [1.29, 1.82) is 0 Å². The summed E-state index contributed by atoms with van der Waals surface area (Å²) in [4.78, 5) is 0. The van der Waals surface area contributed by atoms with Gasteiger partial charge in [-0.25, -0.2) is 0 Å². The Balaban J connectivity index is 2.19. The van der Waals surface area contributed by atoms with Crippen LogP contribution in [0.3, 0.4) is 0 Å². The first kappa shape index (κ1) is 14.9. The molecule has 0 radical (unpaired) electrons. The standard InChI is InChI=1S/C17H20N2O2/c1-11-4-6-14(7-5-11)10-21-16-12(2)8-15(9-13(16)3)17(18)19-20/h4-9,20H,10H2,1-3H3,(H2,18,19). The van der Waals surface area contributed by atoms with Gasteiger partial charge in [-0.2, -0.15) is 0 Å². The lowest BCUT2D eigenvalue weighted by Gasteiger charge is -2.14. The monoisotopic (exact) mass is 284 g/mol. The minimum atomic E-state index is 0.103. The molecular formula is C17H20N2O2. The molecule has 3 N–H and O–H groups in total. The molecular weight excluding hydrogens is 264 g/mol. The minimum Gasteiger partial charge on any atom is -0.488 e. The van der Waals surface area contributed by atoms with Gasteiger partial charge >= 0.3 is 0 Å². The van der Waals surface area contributed by atoms with E-state index in [0.717, 1.165) is 22.4 Å². The van der Waals surface area contributed by atoms with Gasteiger partial charge in [0.2, 0.25) is 0 Å². The molecule has 2 aromatic carbocycles. The van der Waals surface area contributed by atoms with Crippen LogP contribution in [0.4, 0.5) is 0 Å². The third-order valence-electron chi connectivity index (χ3n) is 3.37. The van der Waals surface area contributed by atoms with Crippen molar-refractivity contribution in [3.63, 3.8) is 0 Å². The molecule has 21 heavy (non-hydrogen) atoms. The Bertz CT molecular complexity index is 638. The van der Waals surface area contributed by atoms with Crippen molar-refractivity contribution in [3.05, 3.63) is 64.2 Å². The van der Waals surface area contributed by atoms with Crippen LogP contribution >= 0.6 is 0 Å². The number of benzene rings is 2. The van der Waals surface area contributed by atoms with Crippen molar-refractivity contribution < 1.29 is 9.94 Å². The lowest BCUT2D eigenvalue weighted by molar-refractivity contribution is 0.302. The summed E-state index contributed by atoms with van der Waals surface area (Å²) in [6.07, 6.45) is 0. The van der Waals surface area contributed by atoms with Crippen molar-refractivity contribution in [2.45, 2.75) is 27.4 Å². The van der Waals surface area contributed by atoms with E-state index in [0.29, 0.717) is 12.2 Å². The normalized spacial score (nSPS) is 11.5. The molecule has 0 amide bonds. The first-order chi connectivity index (χ1) is 10.0. The summed E-state index contributed by atoms with van der Waals surface area (Å²) in [5, 5.41) is 11.8. The van der Waals surface area contributed by atoms with E-state index in [1.54, 1.807) is 0 Å². The number of oxime groups is 1. The van der Waals surface area contributed by atoms with Crippen LogP contribution in [0.25, 0.3) is 0 Å². The van der Waals surface area contributed by atoms with E-state index >= 15 is 0 Å². The van der Waals surface area contributed by atoms with Crippen molar-refractivity contribution in [1.82, 2.24) is 0 Å². The number of aryl methyl sites for hydroxylation is 3. The first-order valence-corrected chi connectivity index (χ1v) is 6.78. The highest BCUT2D eigenvalue weighted by Crippen LogP contribution is 2.25. The molecule has 0 bridgehead atoms. The van der Waals surface area contributed by atoms with Gasteiger partial charge in [0.25, 0.3) is 0 Å². The topological polar surface area (TPSA) is 67.8 Å². The quantitative estimate of drug-likeness (QED) is 0.392. The lowest BCUT2D eigenvalue weighted by atomic mass is 10.0. The molecule has 0 spiro atoms. The van der Waals surface area contributed by atoms with Gasteiger partial charge in [0.15, 0.2) is 5.84 Å². The molecule has 0 unspecified atom stereocenters. The van der Waals surface area contributed by atoms with Crippen molar-refractivity contribution >= 4 is 5.84 Å². The summed E-state index contributed by atoms with van der Waals surface area (Å²) < 4.78 is 5.92. The highest BCUT2D eigenvalue weighted by atomic mass is 16.5. The summed E-state index contributed by atoms with van der Waals surface area (Å²) in [7, 11) is 0. The van der Waals surface area contributed by atoms with Crippen LogP contribution in [0.15, 0.2) is 41.6 Å². The van der Waals surface area contributed by atoms with Gasteiger partial charge in [0, 0.05) is 5.56 Å². The summed E-state index contributed by atoms with van der Waals surface area (Å²) in [5.41, 5.74) is 10.6. The number of amidine groups is 1. The van der Waals surface area contributed by atoms with Crippen molar-refractivity contribution in [2.75, 3.05) is 0 Å². The first-order valence-electron chi connectivity index (χ1n) is 6.78. The number of nitrogens with zero attached hydrogens (tertiary/aromatic N) is 1. The third-order valence-corrected chi connectivity index (χ3v) is 3.37. The average molecular weight is 284 g/mol. The van der Waals surface area contributed by atoms with E-state index in [1.165, 1.54) is 5.56 Å². The molecule has 4 heteroatoms. The Hall–Kier alpha value is -2.49. The molecule has 0 heterocycles. The summed E-state index contributed by atoms with van der Waals surface area (Å²) >= 11 is 0. The molecule has 4 nitrogen and oxygen atoms in total. The molecule has 0 aliphatic heterocycles. The Morgan fingerprint density at radius 3 is 2.19 bits per heavy atom. The van der Waals surface area contributed by atoms with E-state index < -0.39 is 0 Å². The highest BCUT2D eigenvalue weighted by molar-refractivity contribution is 5.97. The van der Waals surface area contributed by atoms with Crippen LogP contribution in [-0.2, 0) is 6.61 Å². The maximum absolute atomic E-state index is 8.75. The van der Waals surface area contributed by atoms with E-state index in [4.69, 9.17) is 15.7 Å². The second kappa shape index (κ2) is 6.31. The second-order valence-electron chi connectivity index (χ2n) is 5.20. The number of ether oxygens (including phenoxy) is 1. The highest BCUT2D eigenvalue weighted by Gasteiger charge is 2.09. The number of hydrogen-bond acceptors (Lipinski definition) is 3. The van der Waals surface area contributed by atoms with E-state index in [1.807, 2.05) is 26.0 Å². The van der Waals surface area contributed by atoms with Crippen LogP contribution in [-0.4, -0.2) is 11.0 Å². The largest absolute Gasteiger partial charge is 0.488 e. The van der Waals surface area contributed by atoms with Gasteiger partial charge in [-0.05, 0) is 49.6 Å². The summed E-state index contributed by atoms with van der Waals surface area (Å²) in [5.74, 6) is 0.941. The van der Waals surface area contributed by atoms with Crippen LogP contribution < -0.4 is 10.5 Å². The fraction of sp³-hybridized carbons (Fsp3) is 0.235. The maximum atomic E-state index is 8.75. The smallest absolute Gasteiger partial charge is 0.170 e. The van der Waals surface area contributed by atoms with E-state index in [-0.39, 0.29) is 5.84 Å². The van der Waals surface area contributed by atoms with Crippen molar-refractivity contribution in [2.24, 2.45) is 10.9 Å². The van der Waals surface area contributed by atoms with E-state index in [9.17, 15) is 0 Å². The molecule has 0 aromatic heterocycles. The Morgan fingerprint density at radius 1 is 1.10 bits per heavy atom. The molecule has 0 saturated heterocycles. The third kappa shape index (κ3) is 3.54. The Kier molecular flexibility index (Phi) is 4.48. The molecule has 2 aromatic rings. The Labute approximate surface area is 124 Å². The second-order valence-corrected chi connectivity index (χ2v) is 5.20. The van der Waals surface area contributed by atoms with Gasteiger partial charge in [-0.15, -0.1) is 0 Å². The van der Waals surface area contributed by atoms with Gasteiger partial charge in [0.05, 0.1) is 0 Å². The summed E-state index contributed by atoms with van der Waals surface area (Å²) in [6.45, 7) is 6.48.